The summed E-state index contributed by atoms with van der Waals surface area (Å²) in [5.74, 6) is 0. The second-order valence-corrected chi connectivity index (χ2v) is 34.3. The van der Waals surface area contributed by atoms with Crippen molar-refractivity contribution in [2.45, 2.75) is 0 Å². The third-order valence-corrected chi connectivity index (χ3v) is 26.0. The lowest BCUT2D eigenvalue weighted by Crippen LogP contribution is -2.09. The molecule has 656 valence electrons. The van der Waals surface area contributed by atoms with Gasteiger partial charge in [0.2, 0.25) is 5.69 Å². The van der Waals surface area contributed by atoms with Gasteiger partial charge in [0, 0.05) is 94.9 Å². The number of aromatic nitrogens is 3. The number of nitriles is 2. The minimum absolute atomic E-state index is 0.589. The smallest absolute Gasteiger partial charge is 0.210 e. The molecule has 0 atom stereocenters. The minimum Gasteiger partial charge on any atom is -0.320 e. The molecule has 0 N–H and O–H groups in total. The summed E-state index contributed by atoms with van der Waals surface area (Å²) in [5.41, 5.74) is 35.5. The van der Waals surface area contributed by atoms with Gasteiger partial charge < -0.3 is 28.4 Å². The molecule has 0 saturated heterocycles. The van der Waals surface area contributed by atoms with Gasteiger partial charge in [0.15, 0.2) is 5.69 Å². The van der Waals surface area contributed by atoms with Crippen LogP contribution in [-0.2, 0) is 0 Å². The fourth-order valence-corrected chi connectivity index (χ4v) is 19.6. The van der Waals surface area contributed by atoms with E-state index >= 15 is 0 Å². The lowest BCUT2D eigenvalue weighted by molar-refractivity contribution is 1.18. The fraction of sp³-hybridized carbons (Fsp3) is 0. The lowest BCUT2D eigenvalue weighted by atomic mass is 9.92. The maximum atomic E-state index is 9.60. The van der Waals surface area contributed by atoms with E-state index in [2.05, 4.69) is 438 Å². The number of hydrogen-bond donors (Lipinski definition) is 0. The van der Waals surface area contributed by atoms with Gasteiger partial charge in [-0.1, -0.05) is 309 Å². The highest BCUT2D eigenvalue weighted by Gasteiger charge is 2.26. The van der Waals surface area contributed by atoms with Crippen LogP contribution in [0.4, 0.5) is 62.6 Å². The Kier molecular flexibility index (Phi) is 23.6. The molecule has 10 nitrogen and oxygen atoms in total. The van der Waals surface area contributed by atoms with E-state index in [1.807, 2.05) is 133 Å². The summed E-state index contributed by atoms with van der Waals surface area (Å²) in [4.78, 5) is 13.9. The third-order valence-electron chi connectivity index (χ3n) is 26.0. The van der Waals surface area contributed by atoms with Gasteiger partial charge in [-0.05, 0) is 279 Å². The number of rotatable bonds is 18. The normalized spacial score (nSPS) is 11.0. The highest BCUT2D eigenvalue weighted by Crippen LogP contribution is 2.49. The fourth-order valence-electron chi connectivity index (χ4n) is 19.6. The van der Waals surface area contributed by atoms with E-state index in [4.69, 9.17) is 13.1 Å². The third kappa shape index (κ3) is 16.7. The number of para-hydroxylation sites is 10. The van der Waals surface area contributed by atoms with Gasteiger partial charge in [0.05, 0.1) is 75.2 Å². The summed E-state index contributed by atoms with van der Waals surface area (Å²) in [6.07, 6.45) is 0. The molecule has 0 aliphatic heterocycles. The topological polar surface area (TPSA) is 80.8 Å². The largest absolute Gasteiger partial charge is 0.320 e. The monoisotopic (exact) mass is 1790 g/mol. The van der Waals surface area contributed by atoms with Crippen LogP contribution < -0.4 is 14.7 Å². The van der Waals surface area contributed by atoms with Crippen molar-refractivity contribution in [3.05, 3.63) is 556 Å². The molecule has 10 heteroatoms. The van der Waals surface area contributed by atoms with Crippen molar-refractivity contribution in [3.8, 4) is 96.0 Å². The van der Waals surface area contributed by atoms with Gasteiger partial charge in [0.25, 0.3) is 0 Å². The Morgan fingerprint density at radius 3 is 0.821 bits per heavy atom. The average Bonchev–Trinajstić information content (AvgIpc) is 1.58. The molecular formula is C130H86N10. The molecular weight excluding hydrogens is 1700 g/mol. The van der Waals surface area contributed by atoms with Crippen LogP contribution in [0.1, 0.15) is 11.1 Å². The summed E-state index contributed by atoms with van der Waals surface area (Å²) >= 11 is 0. The number of benzene rings is 21. The molecule has 0 saturated carbocycles. The van der Waals surface area contributed by atoms with Crippen LogP contribution in [0, 0.1) is 35.8 Å². The van der Waals surface area contributed by atoms with Gasteiger partial charge in [-0.3, -0.25) is 0 Å². The zero-order valence-corrected chi connectivity index (χ0v) is 76.1. The molecule has 140 heavy (non-hydrogen) atoms. The van der Waals surface area contributed by atoms with Gasteiger partial charge in [-0.25, -0.2) is 9.69 Å². The Balaban J connectivity index is 0.000000121. The molecule has 0 aliphatic rings. The van der Waals surface area contributed by atoms with Gasteiger partial charge in [-0.15, -0.1) is 0 Å². The summed E-state index contributed by atoms with van der Waals surface area (Å²) < 4.78 is 7.10. The second-order valence-electron chi connectivity index (χ2n) is 34.3. The van der Waals surface area contributed by atoms with Gasteiger partial charge in [0.1, 0.15) is 0 Å². The summed E-state index contributed by atoms with van der Waals surface area (Å²) in [5, 5.41) is 26.3. The molecule has 24 rings (SSSR count). The number of nitrogens with zero attached hydrogens (tertiary/aromatic N) is 10. The van der Waals surface area contributed by atoms with Crippen molar-refractivity contribution < 1.29 is 0 Å². The Morgan fingerprint density at radius 2 is 0.464 bits per heavy atom. The Labute approximate surface area is 812 Å². The van der Waals surface area contributed by atoms with E-state index in [-0.39, 0.29) is 0 Å². The van der Waals surface area contributed by atoms with Gasteiger partial charge >= 0.3 is 0 Å². The quantitative estimate of drug-likeness (QED) is 0.0800. The van der Waals surface area contributed by atoms with Crippen molar-refractivity contribution in [2.24, 2.45) is 0 Å². The molecule has 3 heterocycles. The molecule has 0 bridgehead atoms. The van der Waals surface area contributed by atoms with Crippen molar-refractivity contribution in [1.82, 2.24) is 13.7 Å². The molecule has 0 spiro atoms. The van der Waals surface area contributed by atoms with E-state index < -0.39 is 0 Å². The Bertz CT molecular complexity index is 8770. The Hall–Kier alpha value is -19.6. The van der Waals surface area contributed by atoms with E-state index in [0.29, 0.717) is 22.5 Å². The first kappa shape index (κ1) is 85.8. The number of fused-ring (bicyclic) bond motifs is 9. The zero-order chi connectivity index (χ0) is 94.2. The maximum Gasteiger partial charge on any atom is 0.210 e. The summed E-state index contributed by atoms with van der Waals surface area (Å²) in [7, 11) is 0. The lowest BCUT2D eigenvalue weighted by Gasteiger charge is -2.27. The molecule has 0 amide bonds. The van der Waals surface area contributed by atoms with Crippen LogP contribution >= 0.6 is 0 Å². The van der Waals surface area contributed by atoms with E-state index in [1.165, 1.54) is 93.3 Å². The number of anilines is 9. The first-order chi connectivity index (χ1) is 69.3. The molecule has 21 aromatic carbocycles. The highest BCUT2D eigenvalue weighted by molar-refractivity contribution is 6.16. The van der Waals surface area contributed by atoms with E-state index in [0.717, 1.165) is 107 Å². The van der Waals surface area contributed by atoms with Crippen molar-refractivity contribution in [1.29, 1.82) is 10.5 Å². The minimum atomic E-state index is 0.589. The van der Waals surface area contributed by atoms with E-state index in [1.54, 1.807) is 0 Å². The molecule has 3 aromatic heterocycles. The van der Waals surface area contributed by atoms with Crippen LogP contribution in [0.25, 0.3) is 159 Å². The average molecular weight is 1790 g/mol. The molecule has 0 aliphatic carbocycles. The van der Waals surface area contributed by atoms with Crippen LogP contribution in [-0.4, -0.2) is 13.7 Å². The molecule has 0 radical (unpaired) electrons. The SMILES string of the molecule is N#Cc1cccc(N(c2ccccc2)c2ccc(-c3cc4c5ccccc5n(-c5ccccc5)c4cc3-c3ccccc3)cc2)c1.[C-]#[N+]c1ccc(N(c2ccc(C#N)cc2)c2ccc(-c3cc4c5ccccc5n(-c5ccccc5)c4cc3-c3ccccc3)cc2)cc1.[C-]#[N+]c1ccccc1N(c1ccccc1)c1ccc(-c2cc3c4ccccc4n(-c4ccccc4)c3cc2-c2ccccc2)cc1. The zero-order valence-electron chi connectivity index (χ0n) is 76.1. The Morgan fingerprint density at radius 1 is 0.193 bits per heavy atom. The summed E-state index contributed by atoms with van der Waals surface area (Å²) in [6.45, 7) is 15.2. The predicted molar refractivity (Wildman–Crippen MR) is 581 cm³/mol. The van der Waals surface area contributed by atoms with Crippen LogP contribution in [0.2, 0.25) is 0 Å². The highest BCUT2D eigenvalue weighted by atomic mass is 15.2. The second kappa shape index (κ2) is 38.5. The van der Waals surface area contributed by atoms with Crippen LogP contribution in [0.5, 0.6) is 0 Å². The standard InChI is InChI=1S/C44H28N4.2C43H29N3/c1-46-34-20-26-38(27-21-34)47(36-22-16-31(30-45)17-23-36)37-24-18-33(19-25-37)40-28-42-39-14-8-9-15-43(39)48(35-12-6-3-7-13-35)44(42)29-41(40)32-10-4-2-5-11-32;1-44-40-22-12-14-24-42(40)45(33-17-7-3-8-18-33)35-27-25-32(26-28-35)37-29-39-36-21-11-13-23-41(36)46(34-19-9-4-10-20-34)43(39)30-38(37)31-15-5-2-6-16-31;44-30-31-13-12-20-37(27-31)45(34-16-6-2-7-17-34)36-25-23-33(24-26-36)39-28-41-38-21-10-11-22-42(38)46(35-18-8-3-9-19-35)43(41)29-40(39)32-14-4-1-5-15-32/h2-29H;2-30H;1-29H. The molecule has 24 aromatic rings. The first-order valence-corrected chi connectivity index (χ1v) is 46.6. The number of hydrogen-bond acceptors (Lipinski definition) is 5. The summed E-state index contributed by atoms with van der Waals surface area (Å²) in [6, 6.07) is 186. The van der Waals surface area contributed by atoms with Crippen molar-refractivity contribution in [2.75, 3.05) is 14.7 Å². The molecule has 0 unspecified atom stereocenters. The first-order valence-electron chi connectivity index (χ1n) is 46.6. The van der Waals surface area contributed by atoms with E-state index in [9.17, 15) is 10.5 Å². The van der Waals surface area contributed by atoms with Gasteiger partial charge in [-0.2, -0.15) is 10.5 Å². The maximum absolute atomic E-state index is 9.60. The van der Waals surface area contributed by atoms with Crippen LogP contribution in [0.3, 0.4) is 0 Å². The van der Waals surface area contributed by atoms with Crippen LogP contribution in [0.15, 0.2) is 522 Å². The molecule has 0 fully saturated rings. The predicted octanol–water partition coefficient (Wildman–Crippen LogP) is 35.6. The van der Waals surface area contributed by atoms with Crippen molar-refractivity contribution in [3.63, 3.8) is 0 Å². The van der Waals surface area contributed by atoms with Crippen molar-refractivity contribution >= 4 is 128 Å².